The molecule has 0 aliphatic carbocycles. The zero-order valence-corrected chi connectivity index (χ0v) is 10.4. The van der Waals surface area contributed by atoms with Crippen molar-refractivity contribution in [1.82, 2.24) is 15.5 Å². The van der Waals surface area contributed by atoms with Gasteiger partial charge in [0.05, 0.1) is 0 Å². The number of aliphatic carboxylic acids is 1. The Labute approximate surface area is 106 Å². The molecule has 0 bridgehead atoms. The number of rotatable bonds is 6. The Bertz CT molecular complexity index is 332. The molecule has 0 aromatic carbocycles. The van der Waals surface area contributed by atoms with Gasteiger partial charge >= 0.3 is 12.0 Å². The molecule has 0 saturated carbocycles. The Kier molecular flexibility index (Phi) is 5.41. The first-order valence-corrected chi connectivity index (χ1v) is 6.02. The molecule has 1 rings (SSSR count). The van der Waals surface area contributed by atoms with E-state index in [0.29, 0.717) is 32.4 Å². The van der Waals surface area contributed by atoms with Gasteiger partial charge in [-0.3, -0.25) is 9.59 Å². The van der Waals surface area contributed by atoms with Gasteiger partial charge in [-0.2, -0.15) is 0 Å². The van der Waals surface area contributed by atoms with Gasteiger partial charge in [0.1, 0.15) is 6.04 Å². The molecule has 1 fully saturated rings. The lowest BCUT2D eigenvalue weighted by atomic mass is 10.2. The quantitative estimate of drug-likeness (QED) is 0.572. The highest BCUT2D eigenvalue weighted by atomic mass is 16.4. The van der Waals surface area contributed by atoms with Gasteiger partial charge < -0.3 is 20.6 Å². The molecule has 1 saturated heterocycles. The molecule has 0 spiro atoms. The number of unbranched alkanes of at least 4 members (excludes halogenated alkanes) is 1. The molecule has 1 atom stereocenters. The fraction of sp³-hybridized carbons (Fsp3) is 0.727. The molecule has 0 aromatic heterocycles. The fourth-order valence-corrected chi connectivity index (χ4v) is 1.77. The van der Waals surface area contributed by atoms with Gasteiger partial charge in [0.15, 0.2) is 0 Å². The van der Waals surface area contributed by atoms with Crippen LogP contribution in [0, 0.1) is 0 Å². The molecule has 1 aliphatic heterocycles. The standard InChI is InChI=1S/C11H19N3O4/c1-14-7-5-8(10(14)17)13-11(18)12-6-3-2-4-9(15)16/h8H,2-7H2,1H3,(H,15,16)(H2,12,13,18). The number of amides is 3. The number of carboxylic acids is 1. The molecule has 1 aliphatic rings. The number of hydrogen-bond donors (Lipinski definition) is 3. The highest BCUT2D eigenvalue weighted by molar-refractivity contribution is 5.88. The maximum absolute atomic E-state index is 11.5. The van der Waals surface area contributed by atoms with E-state index in [4.69, 9.17) is 5.11 Å². The van der Waals surface area contributed by atoms with Gasteiger partial charge in [0.2, 0.25) is 5.91 Å². The summed E-state index contributed by atoms with van der Waals surface area (Å²) in [5.41, 5.74) is 0. The van der Waals surface area contributed by atoms with Crippen molar-refractivity contribution in [2.75, 3.05) is 20.1 Å². The number of hydrogen-bond acceptors (Lipinski definition) is 3. The van der Waals surface area contributed by atoms with Crippen LogP contribution in [0.15, 0.2) is 0 Å². The minimum atomic E-state index is -0.834. The van der Waals surface area contributed by atoms with E-state index in [1.807, 2.05) is 0 Å². The molecular formula is C11H19N3O4. The van der Waals surface area contributed by atoms with E-state index in [1.54, 1.807) is 11.9 Å². The second kappa shape index (κ2) is 6.83. The van der Waals surface area contributed by atoms with Crippen molar-refractivity contribution >= 4 is 17.9 Å². The summed E-state index contributed by atoms with van der Waals surface area (Å²) in [4.78, 5) is 34.8. The van der Waals surface area contributed by atoms with Crippen molar-refractivity contribution in [1.29, 1.82) is 0 Å². The summed E-state index contributed by atoms with van der Waals surface area (Å²) >= 11 is 0. The molecule has 102 valence electrons. The van der Waals surface area contributed by atoms with E-state index in [1.165, 1.54) is 0 Å². The van der Waals surface area contributed by atoms with E-state index in [0.717, 1.165) is 0 Å². The van der Waals surface area contributed by atoms with Gasteiger partial charge in [-0.15, -0.1) is 0 Å². The highest BCUT2D eigenvalue weighted by Crippen LogP contribution is 2.07. The van der Waals surface area contributed by atoms with E-state index in [9.17, 15) is 14.4 Å². The minimum Gasteiger partial charge on any atom is -0.481 e. The Balaban J connectivity index is 2.11. The zero-order valence-electron chi connectivity index (χ0n) is 10.4. The molecule has 1 heterocycles. The van der Waals surface area contributed by atoms with E-state index >= 15 is 0 Å². The predicted octanol–water partition coefficient (Wildman–Crippen LogP) is -0.229. The van der Waals surface area contributed by atoms with Crippen molar-refractivity contribution in [3.8, 4) is 0 Å². The predicted molar refractivity (Wildman–Crippen MR) is 64.1 cm³/mol. The third-order valence-corrected chi connectivity index (χ3v) is 2.84. The van der Waals surface area contributed by atoms with Crippen molar-refractivity contribution in [2.45, 2.75) is 31.7 Å². The molecule has 1 unspecified atom stereocenters. The van der Waals surface area contributed by atoms with Crippen LogP contribution in [0.2, 0.25) is 0 Å². The third-order valence-electron chi connectivity index (χ3n) is 2.84. The second-order valence-corrected chi connectivity index (χ2v) is 4.35. The van der Waals surface area contributed by atoms with Crippen LogP contribution in [0.4, 0.5) is 4.79 Å². The smallest absolute Gasteiger partial charge is 0.315 e. The van der Waals surface area contributed by atoms with Crippen molar-refractivity contribution in [3.05, 3.63) is 0 Å². The van der Waals surface area contributed by atoms with Crippen LogP contribution in [0.5, 0.6) is 0 Å². The maximum atomic E-state index is 11.5. The van der Waals surface area contributed by atoms with Gasteiger partial charge in [-0.25, -0.2) is 4.79 Å². The Morgan fingerprint density at radius 1 is 1.44 bits per heavy atom. The lowest BCUT2D eigenvalue weighted by molar-refractivity contribution is -0.137. The summed E-state index contributed by atoms with van der Waals surface area (Å²) in [5.74, 6) is -0.907. The molecular weight excluding hydrogens is 238 g/mol. The average molecular weight is 257 g/mol. The third kappa shape index (κ3) is 4.60. The number of urea groups is 1. The first-order valence-electron chi connectivity index (χ1n) is 6.02. The molecule has 7 heteroatoms. The Hall–Kier alpha value is -1.79. The number of likely N-dealkylation sites (N-methyl/N-ethyl adjacent to an activating group) is 1. The Morgan fingerprint density at radius 3 is 2.72 bits per heavy atom. The monoisotopic (exact) mass is 257 g/mol. The van der Waals surface area contributed by atoms with Crippen molar-refractivity contribution in [3.63, 3.8) is 0 Å². The van der Waals surface area contributed by atoms with Crippen LogP contribution >= 0.6 is 0 Å². The van der Waals surface area contributed by atoms with Crippen LogP contribution in [0.3, 0.4) is 0 Å². The lowest BCUT2D eigenvalue weighted by Crippen LogP contribution is -2.45. The van der Waals surface area contributed by atoms with Crippen LogP contribution < -0.4 is 10.6 Å². The van der Waals surface area contributed by atoms with Gasteiger partial charge in [0.25, 0.3) is 0 Å². The van der Waals surface area contributed by atoms with Gasteiger partial charge in [0, 0.05) is 26.6 Å². The van der Waals surface area contributed by atoms with E-state index < -0.39 is 12.0 Å². The first kappa shape index (κ1) is 14.3. The van der Waals surface area contributed by atoms with Crippen LogP contribution in [0.1, 0.15) is 25.7 Å². The van der Waals surface area contributed by atoms with Gasteiger partial charge in [-0.1, -0.05) is 0 Å². The number of nitrogens with one attached hydrogen (secondary N) is 2. The van der Waals surface area contributed by atoms with Gasteiger partial charge in [-0.05, 0) is 19.3 Å². The normalized spacial score (nSPS) is 18.8. The highest BCUT2D eigenvalue weighted by Gasteiger charge is 2.29. The largest absolute Gasteiger partial charge is 0.481 e. The zero-order chi connectivity index (χ0) is 13.5. The number of carbonyl (C=O) groups is 3. The van der Waals surface area contributed by atoms with Crippen LogP contribution in [-0.4, -0.2) is 54.1 Å². The van der Waals surface area contributed by atoms with Crippen molar-refractivity contribution in [2.24, 2.45) is 0 Å². The van der Waals surface area contributed by atoms with E-state index in [2.05, 4.69) is 10.6 Å². The first-order chi connectivity index (χ1) is 8.50. The molecule has 0 radical (unpaired) electrons. The number of nitrogens with zero attached hydrogens (tertiary/aromatic N) is 1. The number of carboxylic acid groups (broad SMARTS) is 1. The molecule has 3 amide bonds. The topological polar surface area (TPSA) is 98.7 Å². The SMILES string of the molecule is CN1CCC(NC(=O)NCCCCC(=O)O)C1=O. The summed E-state index contributed by atoms with van der Waals surface area (Å²) in [6, 6.07) is -0.812. The maximum Gasteiger partial charge on any atom is 0.315 e. The lowest BCUT2D eigenvalue weighted by Gasteiger charge is -2.12. The van der Waals surface area contributed by atoms with Crippen molar-refractivity contribution < 1.29 is 19.5 Å². The average Bonchev–Trinajstić information content (AvgIpc) is 2.60. The summed E-state index contributed by atoms with van der Waals surface area (Å²) in [6.45, 7) is 1.07. The summed E-state index contributed by atoms with van der Waals surface area (Å²) in [7, 11) is 1.70. The Morgan fingerprint density at radius 2 is 2.17 bits per heavy atom. The number of likely N-dealkylation sites (tertiary alicyclic amines) is 1. The fourth-order valence-electron chi connectivity index (χ4n) is 1.77. The summed E-state index contributed by atoms with van der Waals surface area (Å²) < 4.78 is 0. The minimum absolute atomic E-state index is 0.0731. The molecule has 3 N–H and O–H groups in total. The molecule has 18 heavy (non-hydrogen) atoms. The van der Waals surface area contributed by atoms with Crippen LogP contribution in [0.25, 0.3) is 0 Å². The molecule has 0 aromatic rings. The van der Waals surface area contributed by atoms with E-state index in [-0.39, 0.29) is 18.4 Å². The molecule has 7 nitrogen and oxygen atoms in total. The second-order valence-electron chi connectivity index (χ2n) is 4.35. The summed E-state index contributed by atoms with van der Waals surface area (Å²) in [5, 5.41) is 13.6. The summed E-state index contributed by atoms with van der Waals surface area (Å²) in [6.07, 6.45) is 1.87. The van der Waals surface area contributed by atoms with Crippen LogP contribution in [-0.2, 0) is 9.59 Å². The number of carbonyl (C=O) groups excluding carboxylic acids is 2.